The lowest BCUT2D eigenvalue weighted by Crippen LogP contribution is -2.23. The van der Waals surface area contributed by atoms with Crippen LogP contribution in [0, 0.1) is 0 Å². The van der Waals surface area contributed by atoms with Gasteiger partial charge in [0.05, 0.1) is 22.5 Å². The Labute approximate surface area is 200 Å². The molecule has 2 aromatic carbocycles. The third-order valence-corrected chi connectivity index (χ3v) is 6.29. The number of carbonyl (C=O) groups is 1. The molecular formula is C23H19Cl2N5OS. The van der Waals surface area contributed by atoms with Gasteiger partial charge in [-0.2, -0.15) is 0 Å². The fourth-order valence-corrected chi connectivity index (χ4v) is 4.33. The molecule has 1 amide bonds. The van der Waals surface area contributed by atoms with E-state index in [0.717, 1.165) is 11.1 Å². The minimum Gasteiger partial charge on any atom is -0.324 e. The fraction of sp³-hybridized carbons (Fsp3) is 0.130. The van der Waals surface area contributed by atoms with Crippen LogP contribution in [0.1, 0.15) is 12.5 Å². The number of benzene rings is 2. The molecule has 6 nitrogen and oxygen atoms in total. The van der Waals surface area contributed by atoms with Crippen LogP contribution in [0.4, 0.5) is 5.69 Å². The standard InChI is InChI=1S/C23H19Cl2N5OS/c1-15(22(31)27-20-10-9-18(24)12-19(20)25)32-23-29-28-21(17-8-5-11-26-13-17)30(23)14-16-6-3-2-4-7-16/h2-13,15H,14H2,1H3,(H,27,31). The Morgan fingerprint density at radius 1 is 1.09 bits per heavy atom. The van der Waals surface area contributed by atoms with Gasteiger partial charge in [-0.1, -0.05) is 65.3 Å². The zero-order valence-electron chi connectivity index (χ0n) is 17.1. The quantitative estimate of drug-likeness (QED) is 0.335. The summed E-state index contributed by atoms with van der Waals surface area (Å²) in [7, 11) is 0. The second-order valence-corrected chi connectivity index (χ2v) is 9.14. The maximum Gasteiger partial charge on any atom is 0.237 e. The van der Waals surface area contributed by atoms with Crippen molar-refractivity contribution in [3.63, 3.8) is 0 Å². The van der Waals surface area contributed by atoms with Gasteiger partial charge in [-0.25, -0.2) is 0 Å². The minimum atomic E-state index is -0.442. The van der Waals surface area contributed by atoms with Crippen molar-refractivity contribution in [1.29, 1.82) is 0 Å². The van der Waals surface area contributed by atoms with Crippen LogP contribution < -0.4 is 5.32 Å². The van der Waals surface area contributed by atoms with Crippen LogP contribution >= 0.6 is 35.0 Å². The first kappa shape index (κ1) is 22.3. The molecule has 2 aromatic heterocycles. The van der Waals surface area contributed by atoms with Crippen LogP contribution in [0.3, 0.4) is 0 Å². The molecule has 162 valence electrons. The number of thioether (sulfide) groups is 1. The normalized spacial score (nSPS) is 11.8. The maximum absolute atomic E-state index is 12.8. The SMILES string of the molecule is CC(Sc1nnc(-c2cccnc2)n1Cc1ccccc1)C(=O)Nc1ccc(Cl)cc1Cl. The highest BCUT2D eigenvalue weighted by atomic mass is 35.5. The minimum absolute atomic E-state index is 0.198. The number of carbonyl (C=O) groups excluding carboxylic acids is 1. The van der Waals surface area contributed by atoms with Gasteiger partial charge >= 0.3 is 0 Å². The summed E-state index contributed by atoms with van der Waals surface area (Å²) in [6, 6.07) is 18.8. The molecular weight excluding hydrogens is 465 g/mol. The van der Waals surface area contributed by atoms with E-state index in [9.17, 15) is 4.79 Å². The molecule has 0 radical (unpaired) electrons. The van der Waals surface area contributed by atoms with Crippen molar-refractivity contribution in [3.8, 4) is 11.4 Å². The smallest absolute Gasteiger partial charge is 0.237 e. The molecule has 1 atom stereocenters. The first-order chi connectivity index (χ1) is 15.5. The Bertz CT molecular complexity index is 1220. The summed E-state index contributed by atoms with van der Waals surface area (Å²) >= 11 is 13.5. The van der Waals surface area contributed by atoms with E-state index in [1.807, 2.05) is 54.0 Å². The highest BCUT2D eigenvalue weighted by molar-refractivity contribution is 8.00. The molecule has 1 N–H and O–H groups in total. The van der Waals surface area contributed by atoms with Gasteiger partial charge in [0, 0.05) is 23.0 Å². The molecule has 0 saturated heterocycles. The Morgan fingerprint density at radius 2 is 1.91 bits per heavy atom. The summed E-state index contributed by atoms with van der Waals surface area (Å²) in [6.45, 7) is 2.38. The predicted octanol–water partition coefficient (Wildman–Crippen LogP) is 5.81. The number of amides is 1. The Kier molecular flexibility index (Phi) is 7.09. The summed E-state index contributed by atoms with van der Waals surface area (Å²) in [5.74, 6) is 0.495. The number of rotatable bonds is 7. The van der Waals surface area contributed by atoms with E-state index in [1.165, 1.54) is 11.8 Å². The first-order valence-electron chi connectivity index (χ1n) is 9.81. The van der Waals surface area contributed by atoms with Crippen molar-refractivity contribution < 1.29 is 4.79 Å². The highest BCUT2D eigenvalue weighted by Gasteiger charge is 2.22. The van der Waals surface area contributed by atoms with Gasteiger partial charge in [0.2, 0.25) is 5.91 Å². The number of anilines is 1. The number of hydrogen-bond acceptors (Lipinski definition) is 5. The van der Waals surface area contributed by atoms with Gasteiger partial charge in [0.1, 0.15) is 0 Å². The van der Waals surface area contributed by atoms with Crippen LogP contribution in [0.2, 0.25) is 10.0 Å². The van der Waals surface area contributed by atoms with E-state index in [1.54, 1.807) is 30.6 Å². The lowest BCUT2D eigenvalue weighted by molar-refractivity contribution is -0.115. The van der Waals surface area contributed by atoms with E-state index >= 15 is 0 Å². The summed E-state index contributed by atoms with van der Waals surface area (Å²) in [5.41, 5.74) is 2.47. The Hall–Kier alpha value is -2.87. The predicted molar refractivity (Wildman–Crippen MR) is 129 cm³/mol. The highest BCUT2D eigenvalue weighted by Crippen LogP contribution is 2.30. The third-order valence-electron chi connectivity index (χ3n) is 4.66. The van der Waals surface area contributed by atoms with Crippen LogP contribution in [0.5, 0.6) is 0 Å². The largest absolute Gasteiger partial charge is 0.324 e. The van der Waals surface area contributed by atoms with Crippen molar-refractivity contribution >= 4 is 46.6 Å². The topological polar surface area (TPSA) is 72.7 Å². The van der Waals surface area contributed by atoms with E-state index in [-0.39, 0.29) is 5.91 Å². The molecule has 0 fully saturated rings. The van der Waals surface area contributed by atoms with E-state index in [4.69, 9.17) is 23.2 Å². The Morgan fingerprint density at radius 3 is 2.62 bits per heavy atom. The fourth-order valence-electron chi connectivity index (χ4n) is 3.03. The van der Waals surface area contributed by atoms with Crippen LogP contribution in [-0.2, 0) is 11.3 Å². The molecule has 0 saturated carbocycles. The lowest BCUT2D eigenvalue weighted by Gasteiger charge is -2.14. The second-order valence-electron chi connectivity index (χ2n) is 6.99. The number of hydrogen-bond donors (Lipinski definition) is 1. The van der Waals surface area contributed by atoms with E-state index < -0.39 is 5.25 Å². The number of nitrogens with zero attached hydrogens (tertiary/aromatic N) is 4. The van der Waals surface area contributed by atoms with Gasteiger partial charge < -0.3 is 5.32 Å². The molecule has 4 aromatic rings. The van der Waals surface area contributed by atoms with Crippen LogP contribution in [0.25, 0.3) is 11.4 Å². The maximum atomic E-state index is 12.8. The molecule has 0 spiro atoms. The van der Waals surface area contributed by atoms with Crippen molar-refractivity contribution in [2.75, 3.05) is 5.32 Å². The van der Waals surface area contributed by atoms with Crippen molar-refractivity contribution in [1.82, 2.24) is 19.7 Å². The van der Waals surface area contributed by atoms with Crippen molar-refractivity contribution in [2.45, 2.75) is 23.9 Å². The molecule has 0 aliphatic rings. The molecule has 1 unspecified atom stereocenters. The van der Waals surface area contributed by atoms with Gasteiger partial charge in [-0.3, -0.25) is 14.3 Å². The molecule has 0 aliphatic heterocycles. The summed E-state index contributed by atoms with van der Waals surface area (Å²) < 4.78 is 2.00. The molecule has 0 aliphatic carbocycles. The van der Waals surface area contributed by atoms with Gasteiger partial charge in [0.25, 0.3) is 0 Å². The van der Waals surface area contributed by atoms with Gasteiger partial charge in [-0.15, -0.1) is 10.2 Å². The van der Waals surface area contributed by atoms with Crippen molar-refractivity contribution in [2.24, 2.45) is 0 Å². The van der Waals surface area contributed by atoms with Crippen molar-refractivity contribution in [3.05, 3.63) is 88.7 Å². The third kappa shape index (κ3) is 5.30. The average molecular weight is 484 g/mol. The molecule has 2 heterocycles. The molecule has 32 heavy (non-hydrogen) atoms. The van der Waals surface area contributed by atoms with Gasteiger partial charge in [-0.05, 0) is 42.8 Å². The van der Waals surface area contributed by atoms with E-state index in [0.29, 0.717) is 33.3 Å². The Balaban J connectivity index is 1.58. The lowest BCUT2D eigenvalue weighted by atomic mass is 10.2. The van der Waals surface area contributed by atoms with E-state index in [2.05, 4.69) is 20.5 Å². The second kappa shape index (κ2) is 10.2. The van der Waals surface area contributed by atoms with Crippen LogP contribution in [0.15, 0.2) is 78.2 Å². The molecule has 9 heteroatoms. The summed E-state index contributed by atoms with van der Waals surface area (Å²) in [6.07, 6.45) is 3.46. The number of halogens is 2. The summed E-state index contributed by atoms with van der Waals surface area (Å²) in [5, 5.41) is 12.7. The molecule has 0 bridgehead atoms. The zero-order valence-corrected chi connectivity index (χ0v) is 19.4. The number of pyridine rings is 1. The summed E-state index contributed by atoms with van der Waals surface area (Å²) in [4.78, 5) is 17.0. The van der Waals surface area contributed by atoms with Crippen LogP contribution in [-0.4, -0.2) is 30.9 Å². The van der Waals surface area contributed by atoms with Gasteiger partial charge in [0.15, 0.2) is 11.0 Å². The first-order valence-corrected chi connectivity index (χ1v) is 11.4. The average Bonchev–Trinajstić information content (AvgIpc) is 3.18. The monoisotopic (exact) mass is 483 g/mol. The molecule has 4 rings (SSSR count). The number of nitrogens with one attached hydrogen (secondary N) is 1. The zero-order chi connectivity index (χ0) is 22.5. The number of aromatic nitrogens is 4.